The van der Waals surface area contributed by atoms with E-state index in [2.05, 4.69) is 5.32 Å². The molecule has 0 fully saturated rings. The molecule has 1 aromatic carbocycles. The number of allylic oxidation sites excluding steroid dienone is 6. The molecule has 0 heterocycles. The monoisotopic (exact) mass is 441 g/mol. The van der Waals surface area contributed by atoms with Gasteiger partial charge in [-0.2, -0.15) is 13.2 Å². The molecule has 0 aromatic heterocycles. The van der Waals surface area contributed by atoms with Gasteiger partial charge in [0, 0.05) is 11.3 Å². The van der Waals surface area contributed by atoms with Gasteiger partial charge >= 0.3 is 6.18 Å². The zero-order valence-corrected chi connectivity index (χ0v) is 18.4. The van der Waals surface area contributed by atoms with Crippen LogP contribution < -0.4 is 10.1 Å². The Morgan fingerprint density at radius 2 is 1.94 bits per heavy atom. The van der Waals surface area contributed by atoms with Crippen LogP contribution in [0.5, 0.6) is 5.75 Å². The van der Waals surface area contributed by atoms with Crippen molar-refractivity contribution in [2.24, 2.45) is 0 Å². The molecule has 0 saturated carbocycles. The van der Waals surface area contributed by atoms with Crippen LogP contribution in [-0.4, -0.2) is 30.5 Å². The maximum Gasteiger partial charge on any atom is 0.418 e. The summed E-state index contributed by atoms with van der Waals surface area (Å²) in [6.45, 7) is 4.27. The maximum atomic E-state index is 14.0. The van der Waals surface area contributed by atoms with E-state index in [4.69, 9.17) is 4.74 Å². The molecule has 3 nitrogen and oxygen atoms in total. The summed E-state index contributed by atoms with van der Waals surface area (Å²) in [6.07, 6.45) is 4.06. The van der Waals surface area contributed by atoms with E-state index in [1.807, 2.05) is 31.2 Å². The summed E-state index contributed by atoms with van der Waals surface area (Å²) in [4.78, 5) is 0. The Kier molecular flexibility index (Phi) is 7.98. The molecule has 1 aromatic rings. The molecule has 0 spiro atoms. The Balaban J connectivity index is 2.33. The summed E-state index contributed by atoms with van der Waals surface area (Å²) >= 11 is 0. The van der Waals surface area contributed by atoms with Crippen LogP contribution >= 0.6 is 0 Å². The molecule has 0 amide bonds. The first kappa shape index (κ1) is 25.0. The van der Waals surface area contributed by atoms with Crippen molar-refractivity contribution in [2.75, 3.05) is 13.7 Å². The number of halogens is 4. The number of rotatable bonds is 9. The topological polar surface area (TPSA) is 41.5 Å². The van der Waals surface area contributed by atoms with Crippen LogP contribution in [0.1, 0.15) is 52.0 Å². The maximum absolute atomic E-state index is 14.0. The highest BCUT2D eigenvalue weighted by Crippen LogP contribution is 2.43. The Labute approximate surface area is 181 Å². The predicted octanol–water partition coefficient (Wildman–Crippen LogP) is 5.96. The fraction of sp³-hybridized carbons (Fsp3) is 0.500. The SMILES string of the molecule is C/C=C\CC1=C(NCC(O)(CC(C)(C)c2cc(F)ccc2OC)C(F)(F)F)CCC=C1. The van der Waals surface area contributed by atoms with Crippen molar-refractivity contribution in [3.8, 4) is 5.75 Å². The van der Waals surface area contributed by atoms with Gasteiger partial charge in [-0.1, -0.05) is 38.2 Å². The lowest BCUT2D eigenvalue weighted by molar-refractivity contribution is -0.264. The highest BCUT2D eigenvalue weighted by atomic mass is 19.4. The van der Waals surface area contributed by atoms with Gasteiger partial charge in [0.25, 0.3) is 0 Å². The Hall–Kier alpha value is -2.28. The highest BCUT2D eigenvalue weighted by Gasteiger charge is 2.56. The first-order valence-electron chi connectivity index (χ1n) is 10.3. The minimum Gasteiger partial charge on any atom is -0.496 e. The van der Waals surface area contributed by atoms with E-state index in [1.165, 1.54) is 19.2 Å². The molecule has 31 heavy (non-hydrogen) atoms. The Morgan fingerprint density at radius 1 is 1.23 bits per heavy atom. The van der Waals surface area contributed by atoms with Gasteiger partial charge in [0.1, 0.15) is 11.6 Å². The first-order chi connectivity index (χ1) is 14.4. The van der Waals surface area contributed by atoms with E-state index in [0.717, 1.165) is 18.1 Å². The van der Waals surface area contributed by atoms with Crippen LogP contribution in [0, 0.1) is 5.82 Å². The zero-order chi connectivity index (χ0) is 23.3. The second-order valence-electron chi connectivity index (χ2n) is 8.51. The summed E-state index contributed by atoms with van der Waals surface area (Å²) in [5.41, 5.74) is -2.36. The van der Waals surface area contributed by atoms with Gasteiger partial charge in [-0.05, 0) is 61.8 Å². The summed E-state index contributed by atoms with van der Waals surface area (Å²) in [7, 11) is 1.37. The van der Waals surface area contributed by atoms with E-state index in [1.54, 1.807) is 13.8 Å². The van der Waals surface area contributed by atoms with Crippen molar-refractivity contribution < 1.29 is 27.4 Å². The van der Waals surface area contributed by atoms with Crippen molar-refractivity contribution in [3.63, 3.8) is 0 Å². The minimum atomic E-state index is -4.88. The summed E-state index contributed by atoms with van der Waals surface area (Å²) in [6, 6.07) is 3.72. The average molecular weight is 442 g/mol. The van der Waals surface area contributed by atoms with E-state index < -0.39 is 36.0 Å². The van der Waals surface area contributed by atoms with Crippen molar-refractivity contribution in [1.82, 2.24) is 5.32 Å². The lowest BCUT2D eigenvalue weighted by Gasteiger charge is -2.39. The van der Waals surface area contributed by atoms with E-state index >= 15 is 0 Å². The van der Waals surface area contributed by atoms with Gasteiger partial charge in [0.05, 0.1) is 13.7 Å². The summed E-state index contributed by atoms with van der Waals surface area (Å²) in [5, 5.41) is 13.7. The normalized spacial score (nSPS) is 17.2. The van der Waals surface area contributed by atoms with Crippen LogP contribution in [-0.2, 0) is 5.41 Å². The molecule has 7 heteroatoms. The second-order valence-corrected chi connectivity index (χ2v) is 8.51. The molecule has 0 bridgehead atoms. The zero-order valence-electron chi connectivity index (χ0n) is 18.4. The van der Waals surface area contributed by atoms with Crippen LogP contribution in [0.4, 0.5) is 17.6 Å². The van der Waals surface area contributed by atoms with Gasteiger partial charge in [0.2, 0.25) is 0 Å². The number of nitrogens with one attached hydrogen (secondary N) is 1. The first-order valence-corrected chi connectivity index (χ1v) is 10.3. The third kappa shape index (κ3) is 6.12. The number of hydrogen-bond donors (Lipinski definition) is 2. The quantitative estimate of drug-likeness (QED) is 0.367. The smallest absolute Gasteiger partial charge is 0.418 e. The van der Waals surface area contributed by atoms with E-state index in [0.29, 0.717) is 18.5 Å². The molecular weight excluding hydrogens is 410 g/mol. The predicted molar refractivity (Wildman–Crippen MR) is 114 cm³/mol. The molecule has 1 aliphatic rings. The molecule has 0 aliphatic heterocycles. The molecular formula is C24H31F4NO2. The molecule has 0 radical (unpaired) electrons. The fourth-order valence-corrected chi connectivity index (χ4v) is 3.90. The Bertz CT molecular complexity index is 856. The lowest BCUT2D eigenvalue weighted by Crippen LogP contribution is -2.55. The molecule has 1 atom stereocenters. The molecule has 2 rings (SSSR count). The number of alkyl halides is 3. The molecule has 172 valence electrons. The van der Waals surface area contributed by atoms with Crippen molar-refractivity contribution >= 4 is 0 Å². The number of aliphatic hydroxyl groups is 1. The highest BCUT2D eigenvalue weighted by molar-refractivity contribution is 5.40. The van der Waals surface area contributed by atoms with Crippen LogP contribution in [0.15, 0.2) is 53.8 Å². The van der Waals surface area contributed by atoms with Gasteiger partial charge in [-0.25, -0.2) is 4.39 Å². The Morgan fingerprint density at radius 3 is 2.55 bits per heavy atom. The van der Waals surface area contributed by atoms with Crippen LogP contribution in [0.25, 0.3) is 0 Å². The van der Waals surface area contributed by atoms with Crippen molar-refractivity contribution in [1.29, 1.82) is 0 Å². The molecule has 1 aliphatic carbocycles. The van der Waals surface area contributed by atoms with Crippen molar-refractivity contribution in [3.05, 3.63) is 65.2 Å². The van der Waals surface area contributed by atoms with Crippen molar-refractivity contribution in [2.45, 2.75) is 63.6 Å². The molecule has 1 unspecified atom stereocenters. The van der Waals surface area contributed by atoms with Crippen LogP contribution in [0.3, 0.4) is 0 Å². The average Bonchev–Trinajstić information content (AvgIpc) is 2.70. The van der Waals surface area contributed by atoms with E-state index in [9.17, 15) is 22.7 Å². The third-order valence-corrected chi connectivity index (χ3v) is 5.59. The number of ether oxygens (including phenoxy) is 1. The molecule has 2 N–H and O–H groups in total. The third-order valence-electron chi connectivity index (χ3n) is 5.59. The van der Waals surface area contributed by atoms with Gasteiger partial charge in [-0.3, -0.25) is 0 Å². The standard InChI is InChI=1S/C24H31F4NO2/c1-5-6-9-17-10-7-8-11-20(17)29-16-23(30,24(26,27)28)15-22(2,3)19-14-18(25)12-13-21(19)31-4/h5-7,10,12-14,29-30H,8-9,11,15-16H2,1-4H3/b6-5-. The van der Waals surface area contributed by atoms with Crippen LogP contribution in [0.2, 0.25) is 0 Å². The van der Waals surface area contributed by atoms with Gasteiger partial charge in [-0.15, -0.1) is 0 Å². The summed E-state index contributed by atoms with van der Waals surface area (Å²) < 4.78 is 61.2. The van der Waals surface area contributed by atoms with E-state index in [-0.39, 0.29) is 11.3 Å². The van der Waals surface area contributed by atoms with Gasteiger partial charge in [0.15, 0.2) is 5.60 Å². The largest absolute Gasteiger partial charge is 0.496 e. The van der Waals surface area contributed by atoms with Gasteiger partial charge < -0.3 is 15.2 Å². The number of hydrogen-bond acceptors (Lipinski definition) is 3. The molecule has 0 saturated heterocycles. The summed E-state index contributed by atoms with van der Waals surface area (Å²) in [5.74, 6) is -0.303. The number of methoxy groups -OCH3 is 1. The lowest BCUT2D eigenvalue weighted by atomic mass is 9.74. The fourth-order valence-electron chi connectivity index (χ4n) is 3.90. The second kappa shape index (κ2) is 9.90. The number of benzene rings is 1. The minimum absolute atomic E-state index is 0.270.